The zero-order chi connectivity index (χ0) is 11.2. The molecule has 0 atom stereocenters. The van der Waals surface area contributed by atoms with Gasteiger partial charge in [0.1, 0.15) is 0 Å². The lowest BCUT2D eigenvalue weighted by Gasteiger charge is -2.05. The van der Waals surface area contributed by atoms with Crippen molar-refractivity contribution in [3.05, 3.63) is 54.6 Å². The summed E-state index contributed by atoms with van der Waals surface area (Å²) in [6.45, 7) is 1.34. The summed E-state index contributed by atoms with van der Waals surface area (Å²) in [5.74, 6) is -0.0410. The van der Waals surface area contributed by atoms with Crippen LogP contribution in [0.25, 0.3) is 0 Å². The minimum Gasteiger partial charge on any atom is -0.350 e. The van der Waals surface area contributed by atoms with Gasteiger partial charge >= 0.3 is 0 Å². The predicted molar refractivity (Wildman–Crippen MR) is 63.1 cm³/mol. The molecular weight excluding hydrogens is 202 g/mol. The van der Waals surface area contributed by atoms with Crippen molar-refractivity contribution in [2.75, 3.05) is 6.54 Å². The van der Waals surface area contributed by atoms with Crippen molar-refractivity contribution in [3.8, 4) is 0 Å². The van der Waals surface area contributed by atoms with E-state index in [4.69, 9.17) is 0 Å². The molecule has 2 aromatic rings. The zero-order valence-corrected chi connectivity index (χ0v) is 8.84. The maximum Gasteiger partial charge on any atom is 0.251 e. The Morgan fingerprint density at radius 1 is 1.38 bits per heavy atom. The largest absolute Gasteiger partial charge is 0.350 e. The molecule has 0 radical (unpaired) electrons. The number of rotatable bonds is 4. The lowest BCUT2D eigenvalue weighted by atomic mass is 10.2. The van der Waals surface area contributed by atoms with Crippen LogP contribution in [0.4, 0.5) is 0 Å². The van der Waals surface area contributed by atoms with E-state index in [0.717, 1.165) is 6.54 Å². The molecule has 0 aliphatic carbocycles. The number of nitrogens with zero attached hydrogens (tertiary/aromatic N) is 2. The molecular formula is C12H15N3O. The highest BCUT2D eigenvalue weighted by Gasteiger charge is 2.02. The minimum atomic E-state index is -0.0410. The number of carbonyl (C=O) groups is 1. The van der Waals surface area contributed by atoms with Gasteiger partial charge in [-0.1, -0.05) is 18.2 Å². The average Bonchev–Trinajstić information content (AvgIpc) is 2.83. The Balaban J connectivity index is 0.00000144. The van der Waals surface area contributed by atoms with Crippen LogP contribution in [0.15, 0.2) is 49.1 Å². The molecule has 0 fully saturated rings. The average molecular weight is 217 g/mol. The molecule has 1 heterocycles. The first kappa shape index (κ1) is 10.4. The third kappa shape index (κ3) is 2.70. The van der Waals surface area contributed by atoms with Crippen LogP contribution in [0.3, 0.4) is 0 Å². The molecule has 0 saturated heterocycles. The molecule has 0 aliphatic rings. The van der Waals surface area contributed by atoms with E-state index in [0.29, 0.717) is 12.1 Å². The van der Waals surface area contributed by atoms with Gasteiger partial charge in [-0.15, -0.1) is 0 Å². The number of hydrogen-bond donors (Lipinski definition) is 1. The van der Waals surface area contributed by atoms with Gasteiger partial charge in [0.15, 0.2) is 0 Å². The van der Waals surface area contributed by atoms with E-state index in [9.17, 15) is 4.79 Å². The monoisotopic (exact) mass is 217 g/mol. The molecule has 0 bridgehead atoms. The molecule has 0 unspecified atom stereocenters. The highest BCUT2D eigenvalue weighted by molar-refractivity contribution is 5.94. The normalized spacial score (nSPS) is 10.0. The number of benzene rings is 1. The highest BCUT2D eigenvalue weighted by atomic mass is 16.1. The fourth-order valence-corrected chi connectivity index (χ4v) is 1.41. The third-order valence-corrected chi connectivity index (χ3v) is 2.25. The Morgan fingerprint density at radius 3 is 2.88 bits per heavy atom. The molecule has 4 heteroatoms. The Morgan fingerprint density at radius 2 is 2.19 bits per heavy atom. The molecule has 84 valence electrons. The number of imidazole rings is 1. The van der Waals surface area contributed by atoms with Crippen LogP contribution in [0.5, 0.6) is 0 Å². The molecule has 0 spiro atoms. The van der Waals surface area contributed by atoms with Crippen LogP contribution < -0.4 is 5.32 Å². The molecule has 4 nitrogen and oxygen atoms in total. The van der Waals surface area contributed by atoms with E-state index in [1.165, 1.54) is 0 Å². The molecule has 0 aliphatic heterocycles. The van der Waals surface area contributed by atoms with E-state index in [1.54, 1.807) is 24.7 Å². The van der Waals surface area contributed by atoms with Gasteiger partial charge in [-0.2, -0.15) is 0 Å². The Hall–Kier alpha value is -2.10. The van der Waals surface area contributed by atoms with Crippen molar-refractivity contribution in [2.24, 2.45) is 0 Å². The van der Waals surface area contributed by atoms with Crippen molar-refractivity contribution >= 4 is 5.91 Å². The van der Waals surface area contributed by atoms with Crippen molar-refractivity contribution in [1.82, 2.24) is 14.9 Å². The molecule has 1 aromatic carbocycles. The van der Waals surface area contributed by atoms with Crippen molar-refractivity contribution in [3.63, 3.8) is 0 Å². The first-order valence-electron chi connectivity index (χ1n) is 5.15. The van der Waals surface area contributed by atoms with Crippen LogP contribution in [0.1, 0.15) is 11.8 Å². The summed E-state index contributed by atoms with van der Waals surface area (Å²) in [4.78, 5) is 15.6. The minimum absolute atomic E-state index is 0. The summed E-state index contributed by atoms with van der Waals surface area (Å²) in [5, 5.41) is 2.85. The summed E-state index contributed by atoms with van der Waals surface area (Å²) in [6.07, 6.45) is 5.32. The molecule has 16 heavy (non-hydrogen) atoms. The summed E-state index contributed by atoms with van der Waals surface area (Å²) in [6, 6.07) is 9.19. The first-order chi connectivity index (χ1) is 7.86. The molecule has 1 N–H and O–H groups in total. The SMILES string of the molecule is O=C(NCCn1ccnc1)c1ccccc1.[HH]. The summed E-state index contributed by atoms with van der Waals surface area (Å²) < 4.78 is 1.92. The van der Waals surface area contributed by atoms with Crippen LogP contribution in [-0.4, -0.2) is 22.0 Å². The maximum atomic E-state index is 11.6. The zero-order valence-electron chi connectivity index (χ0n) is 8.84. The van der Waals surface area contributed by atoms with Gasteiger partial charge in [0.2, 0.25) is 0 Å². The van der Waals surface area contributed by atoms with E-state index in [1.807, 2.05) is 29.0 Å². The second-order valence-electron chi connectivity index (χ2n) is 3.42. The second-order valence-corrected chi connectivity index (χ2v) is 3.42. The number of carbonyl (C=O) groups excluding carboxylic acids is 1. The van der Waals surface area contributed by atoms with Gasteiger partial charge in [-0.25, -0.2) is 4.98 Å². The van der Waals surface area contributed by atoms with Crippen LogP contribution in [0.2, 0.25) is 0 Å². The fraction of sp³-hybridized carbons (Fsp3) is 0.167. The van der Waals surface area contributed by atoms with Gasteiger partial charge in [0, 0.05) is 32.5 Å². The lowest BCUT2D eigenvalue weighted by Crippen LogP contribution is -2.26. The summed E-state index contributed by atoms with van der Waals surface area (Å²) >= 11 is 0. The van der Waals surface area contributed by atoms with Gasteiger partial charge < -0.3 is 9.88 Å². The summed E-state index contributed by atoms with van der Waals surface area (Å²) in [5.41, 5.74) is 0.688. The molecule has 1 amide bonds. The molecule has 1 aromatic heterocycles. The van der Waals surface area contributed by atoms with E-state index in [2.05, 4.69) is 10.3 Å². The number of aromatic nitrogens is 2. The van der Waals surface area contributed by atoms with E-state index in [-0.39, 0.29) is 7.33 Å². The van der Waals surface area contributed by atoms with Crippen molar-refractivity contribution < 1.29 is 6.22 Å². The Kier molecular flexibility index (Phi) is 3.33. The molecule has 2 rings (SSSR count). The number of hydrogen-bond acceptors (Lipinski definition) is 2. The second kappa shape index (κ2) is 5.11. The van der Waals surface area contributed by atoms with E-state index >= 15 is 0 Å². The van der Waals surface area contributed by atoms with Gasteiger partial charge in [-0.05, 0) is 12.1 Å². The predicted octanol–water partition coefficient (Wildman–Crippen LogP) is 1.56. The van der Waals surface area contributed by atoms with Gasteiger partial charge in [0.25, 0.3) is 5.91 Å². The van der Waals surface area contributed by atoms with Gasteiger partial charge in [0.05, 0.1) is 6.33 Å². The number of amides is 1. The van der Waals surface area contributed by atoms with Crippen LogP contribution >= 0.6 is 0 Å². The van der Waals surface area contributed by atoms with Crippen LogP contribution in [0, 0.1) is 0 Å². The molecule has 0 saturated carbocycles. The topological polar surface area (TPSA) is 46.9 Å². The Labute approximate surface area is 95.4 Å². The standard InChI is InChI=1S/C12H13N3O.H2/c16-12(11-4-2-1-3-5-11)14-7-9-15-8-6-13-10-15;/h1-6,8,10H,7,9H2,(H,14,16);1H. The van der Waals surface area contributed by atoms with E-state index < -0.39 is 0 Å². The van der Waals surface area contributed by atoms with Crippen LogP contribution in [-0.2, 0) is 6.54 Å². The highest BCUT2D eigenvalue weighted by Crippen LogP contribution is 1.97. The number of nitrogens with one attached hydrogen (secondary N) is 1. The first-order valence-corrected chi connectivity index (χ1v) is 5.15. The smallest absolute Gasteiger partial charge is 0.251 e. The quantitative estimate of drug-likeness (QED) is 0.844. The summed E-state index contributed by atoms with van der Waals surface area (Å²) in [7, 11) is 0. The van der Waals surface area contributed by atoms with Gasteiger partial charge in [-0.3, -0.25) is 4.79 Å². The Bertz CT molecular complexity index is 442. The third-order valence-electron chi connectivity index (χ3n) is 2.25. The maximum absolute atomic E-state index is 11.6. The fourth-order valence-electron chi connectivity index (χ4n) is 1.41. The lowest BCUT2D eigenvalue weighted by molar-refractivity contribution is 0.0952. The van der Waals surface area contributed by atoms with Crippen molar-refractivity contribution in [2.45, 2.75) is 6.54 Å². The van der Waals surface area contributed by atoms with Crippen molar-refractivity contribution in [1.29, 1.82) is 0 Å².